The maximum absolute atomic E-state index is 13.5. The number of likely N-dealkylation sites (N-methyl/N-ethyl adjacent to an activating group) is 1. The van der Waals surface area contributed by atoms with Crippen LogP contribution in [-0.2, 0) is 4.79 Å². The van der Waals surface area contributed by atoms with Gasteiger partial charge in [0, 0.05) is 11.6 Å². The second-order valence-corrected chi connectivity index (χ2v) is 3.63. The zero-order valence-electron chi connectivity index (χ0n) is 9.22. The summed E-state index contributed by atoms with van der Waals surface area (Å²) in [6, 6.07) is 5.96. The zero-order chi connectivity index (χ0) is 12.1. The molecular weight excluding hydrogens is 209 g/mol. The molecule has 1 N–H and O–H groups in total. The standard InChI is InChI=1S/C12H14FNO2/c1-14(2)11(7-8-12(15)16)9-5-3-4-6-10(9)13/h3-8,11H,1-2H3,(H,15,16)/b8-7+. The van der Waals surface area contributed by atoms with Crippen LogP contribution < -0.4 is 0 Å². The Morgan fingerprint density at radius 2 is 2.06 bits per heavy atom. The lowest BCUT2D eigenvalue weighted by Crippen LogP contribution is -2.19. The minimum atomic E-state index is -1.04. The van der Waals surface area contributed by atoms with Crippen LogP contribution in [0.3, 0.4) is 0 Å². The molecule has 0 spiro atoms. The molecule has 0 aliphatic rings. The molecule has 1 unspecified atom stereocenters. The van der Waals surface area contributed by atoms with Crippen LogP contribution in [0.1, 0.15) is 11.6 Å². The summed E-state index contributed by atoms with van der Waals surface area (Å²) in [6.45, 7) is 0. The first-order valence-corrected chi connectivity index (χ1v) is 4.84. The molecule has 0 saturated carbocycles. The summed E-state index contributed by atoms with van der Waals surface area (Å²) in [4.78, 5) is 12.2. The maximum Gasteiger partial charge on any atom is 0.328 e. The summed E-state index contributed by atoms with van der Waals surface area (Å²) in [5.41, 5.74) is 0.463. The molecule has 1 aromatic carbocycles. The van der Waals surface area contributed by atoms with E-state index in [0.717, 1.165) is 6.08 Å². The number of nitrogens with zero attached hydrogens (tertiary/aromatic N) is 1. The van der Waals surface area contributed by atoms with Crippen molar-refractivity contribution in [1.29, 1.82) is 0 Å². The Balaban J connectivity index is 3.03. The van der Waals surface area contributed by atoms with Crippen molar-refractivity contribution in [2.75, 3.05) is 14.1 Å². The van der Waals surface area contributed by atoms with E-state index in [2.05, 4.69) is 0 Å². The van der Waals surface area contributed by atoms with Crippen LogP contribution in [0.25, 0.3) is 0 Å². The fourth-order valence-electron chi connectivity index (χ4n) is 1.44. The predicted molar refractivity (Wildman–Crippen MR) is 59.6 cm³/mol. The van der Waals surface area contributed by atoms with Crippen molar-refractivity contribution in [1.82, 2.24) is 4.90 Å². The Labute approximate surface area is 93.8 Å². The van der Waals surface area contributed by atoms with Crippen LogP contribution in [0.5, 0.6) is 0 Å². The third-order valence-electron chi connectivity index (χ3n) is 2.20. The van der Waals surface area contributed by atoms with E-state index in [1.54, 1.807) is 37.2 Å². The third kappa shape index (κ3) is 3.17. The minimum absolute atomic E-state index is 0.337. The molecule has 0 radical (unpaired) electrons. The van der Waals surface area contributed by atoms with Crippen molar-refractivity contribution >= 4 is 5.97 Å². The number of rotatable bonds is 4. The summed E-state index contributed by atoms with van der Waals surface area (Å²) in [7, 11) is 3.53. The highest BCUT2D eigenvalue weighted by Gasteiger charge is 2.14. The molecule has 0 amide bonds. The number of aliphatic carboxylic acids is 1. The van der Waals surface area contributed by atoms with Gasteiger partial charge in [-0.1, -0.05) is 24.3 Å². The molecular formula is C12H14FNO2. The molecule has 1 aromatic rings. The molecule has 0 aliphatic carbocycles. The summed E-state index contributed by atoms with van der Waals surface area (Å²) in [5.74, 6) is -1.38. The van der Waals surface area contributed by atoms with Crippen LogP contribution in [0.2, 0.25) is 0 Å². The fourth-order valence-corrected chi connectivity index (χ4v) is 1.44. The highest BCUT2D eigenvalue weighted by Crippen LogP contribution is 2.22. The van der Waals surface area contributed by atoms with Crippen molar-refractivity contribution < 1.29 is 14.3 Å². The van der Waals surface area contributed by atoms with Crippen molar-refractivity contribution in [3.8, 4) is 0 Å². The van der Waals surface area contributed by atoms with E-state index in [0.29, 0.717) is 5.56 Å². The molecule has 0 aromatic heterocycles. The van der Waals surface area contributed by atoms with E-state index >= 15 is 0 Å². The molecule has 3 nitrogen and oxygen atoms in total. The number of carboxylic acid groups (broad SMARTS) is 1. The van der Waals surface area contributed by atoms with Gasteiger partial charge in [0.1, 0.15) is 5.82 Å². The topological polar surface area (TPSA) is 40.5 Å². The summed E-state index contributed by atoms with van der Waals surface area (Å²) in [5, 5.41) is 8.56. The van der Waals surface area contributed by atoms with E-state index in [1.807, 2.05) is 0 Å². The van der Waals surface area contributed by atoms with Gasteiger partial charge in [0.15, 0.2) is 0 Å². The first-order valence-electron chi connectivity index (χ1n) is 4.84. The second kappa shape index (κ2) is 5.42. The van der Waals surface area contributed by atoms with E-state index in [1.165, 1.54) is 12.1 Å². The largest absolute Gasteiger partial charge is 0.478 e. The Morgan fingerprint density at radius 3 is 2.56 bits per heavy atom. The van der Waals surface area contributed by atoms with E-state index in [4.69, 9.17) is 5.11 Å². The zero-order valence-corrected chi connectivity index (χ0v) is 9.22. The predicted octanol–water partition coefficient (Wildman–Crippen LogP) is 2.07. The Hall–Kier alpha value is -1.68. The van der Waals surface area contributed by atoms with Gasteiger partial charge in [0.05, 0.1) is 6.04 Å². The summed E-state index contributed by atoms with van der Waals surface area (Å²) in [6.07, 6.45) is 2.48. The van der Waals surface area contributed by atoms with Gasteiger partial charge in [-0.25, -0.2) is 9.18 Å². The number of halogens is 1. The third-order valence-corrected chi connectivity index (χ3v) is 2.20. The number of benzene rings is 1. The Bertz CT molecular complexity index is 402. The molecule has 0 heterocycles. The average Bonchev–Trinajstić information content (AvgIpc) is 2.20. The van der Waals surface area contributed by atoms with Crippen LogP contribution in [-0.4, -0.2) is 30.1 Å². The summed E-state index contributed by atoms with van der Waals surface area (Å²) >= 11 is 0. The molecule has 0 aliphatic heterocycles. The second-order valence-electron chi connectivity index (χ2n) is 3.63. The lowest BCUT2D eigenvalue weighted by molar-refractivity contribution is -0.131. The van der Waals surface area contributed by atoms with Gasteiger partial charge in [0.2, 0.25) is 0 Å². The van der Waals surface area contributed by atoms with Gasteiger partial charge in [-0.2, -0.15) is 0 Å². The number of carbonyl (C=O) groups is 1. The van der Waals surface area contributed by atoms with E-state index < -0.39 is 5.97 Å². The lowest BCUT2D eigenvalue weighted by Gasteiger charge is -2.21. The SMILES string of the molecule is CN(C)C(/C=C/C(=O)O)c1ccccc1F. The van der Waals surface area contributed by atoms with E-state index in [9.17, 15) is 9.18 Å². The van der Waals surface area contributed by atoms with Crippen molar-refractivity contribution in [3.05, 3.63) is 47.8 Å². The van der Waals surface area contributed by atoms with Gasteiger partial charge >= 0.3 is 5.97 Å². The van der Waals surface area contributed by atoms with Gasteiger partial charge < -0.3 is 5.11 Å². The first-order chi connectivity index (χ1) is 7.52. The molecule has 0 fully saturated rings. The Kier molecular flexibility index (Phi) is 4.19. The van der Waals surface area contributed by atoms with Gasteiger partial charge in [-0.05, 0) is 20.2 Å². The Morgan fingerprint density at radius 1 is 1.44 bits per heavy atom. The molecule has 1 atom stereocenters. The maximum atomic E-state index is 13.5. The molecule has 0 bridgehead atoms. The molecule has 86 valence electrons. The van der Waals surface area contributed by atoms with Gasteiger partial charge in [-0.3, -0.25) is 4.90 Å². The number of hydrogen-bond acceptors (Lipinski definition) is 2. The highest BCUT2D eigenvalue weighted by atomic mass is 19.1. The van der Waals surface area contributed by atoms with Crippen molar-refractivity contribution in [2.24, 2.45) is 0 Å². The number of carboxylic acids is 1. The minimum Gasteiger partial charge on any atom is -0.478 e. The van der Waals surface area contributed by atoms with Crippen molar-refractivity contribution in [2.45, 2.75) is 6.04 Å². The number of hydrogen-bond donors (Lipinski definition) is 1. The normalized spacial score (nSPS) is 13.2. The van der Waals surface area contributed by atoms with Gasteiger partial charge in [0.25, 0.3) is 0 Å². The van der Waals surface area contributed by atoms with Crippen LogP contribution in [0, 0.1) is 5.82 Å². The molecule has 1 rings (SSSR count). The smallest absolute Gasteiger partial charge is 0.328 e. The average molecular weight is 223 g/mol. The molecule has 0 saturated heterocycles. The first kappa shape index (κ1) is 12.4. The highest BCUT2D eigenvalue weighted by molar-refractivity contribution is 5.79. The lowest BCUT2D eigenvalue weighted by atomic mass is 10.0. The molecule has 4 heteroatoms. The van der Waals surface area contributed by atoms with Crippen LogP contribution >= 0.6 is 0 Å². The monoisotopic (exact) mass is 223 g/mol. The van der Waals surface area contributed by atoms with Crippen LogP contribution in [0.15, 0.2) is 36.4 Å². The van der Waals surface area contributed by atoms with Gasteiger partial charge in [-0.15, -0.1) is 0 Å². The fraction of sp³-hybridized carbons (Fsp3) is 0.250. The van der Waals surface area contributed by atoms with Crippen LogP contribution in [0.4, 0.5) is 4.39 Å². The quantitative estimate of drug-likeness (QED) is 0.794. The van der Waals surface area contributed by atoms with E-state index in [-0.39, 0.29) is 11.9 Å². The summed E-state index contributed by atoms with van der Waals surface area (Å²) < 4.78 is 13.5. The molecule has 16 heavy (non-hydrogen) atoms. The van der Waals surface area contributed by atoms with Crippen molar-refractivity contribution in [3.63, 3.8) is 0 Å².